The second-order valence-electron chi connectivity index (χ2n) is 7.70. The number of nitrogens with zero attached hydrogens (tertiary/aromatic N) is 4. The van der Waals surface area contributed by atoms with Gasteiger partial charge in [-0.25, -0.2) is 0 Å². The molecule has 33 heavy (non-hydrogen) atoms. The Hall–Kier alpha value is -2.84. The molecule has 172 valence electrons. The Kier molecular flexibility index (Phi) is 7.05. The standard InChI is InChI=1S/C24H26ClN5O2S/c1-4-13-29-22(32)17-9-7-8-10-19(17)30-23(29)27-28-24(30)33-14-20(31)26-21-15(5-2)11-12-18(25)16(21)6-3/h7-12H,4-6,13-14H2,1-3H3,(H,26,31). The molecule has 1 N–H and O–H groups in total. The van der Waals surface area contributed by atoms with Gasteiger partial charge in [0.05, 0.1) is 16.7 Å². The monoisotopic (exact) mass is 483 g/mol. The van der Waals surface area contributed by atoms with Gasteiger partial charge < -0.3 is 5.32 Å². The number of aryl methyl sites for hydroxylation is 2. The molecule has 9 heteroatoms. The summed E-state index contributed by atoms with van der Waals surface area (Å²) in [5.74, 6) is 0.496. The average Bonchev–Trinajstić information content (AvgIpc) is 3.25. The Bertz CT molecular complexity index is 1400. The first-order valence-corrected chi connectivity index (χ1v) is 12.5. The zero-order valence-electron chi connectivity index (χ0n) is 18.9. The van der Waals surface area contributed by atoms with E-state index in [2.05, 4.69) is 22.4 Å². The molecular weight excluding hydrogens is 458 g/mol. The maximum atomic E-state index is 13.0. The Morgan fingerprint density at radius 1 is 1.09 bits per heavy atom. The highest BCUT2D eigenvalue weighted by molar-refractivity contribution is 7.99. The molecule has 2 aromatic heterocycles. The molecular formula is C24H26ClN5O2S. The van der Waals surface area contributed by atoms with E-state index in [0.29, 0.717) is 27.9 Å². The minimum Gasteiger partial charge on any atom is -0.325 e. The molecule has 2 heterocycles. The van der Waals surface area contributed by atoms with Crippen LogP contribution in [-0.2, 0) is 24.2 Å². The zero-order chi connectivity index (χ0) is 23.5. The van der Waals surface area contributed by atoms with Crippen molar-refractivity contribution in [2.45, 2.75) is 51.7 Å². The van der Waals surface area contributed by atoms with Gasteiger partial charge in [0.2, 0.25) is 11.7 Å². The highest BCUT2D eigenvalue weighted by Crippen LogP contribution is 2.30. The first-order valence-electron chi connectivity index (χ1n) is 11.1. The Morgan fingerprint density at radius 3 is 2.61 bits per heavy atom. The minimum atomic E-state index is -0.144. The predicted octanol–water partition coefficient (Wildman–Crippen LogP) is 4.96. The van der Waals surface area contributed by atoms with Crippen LogP contribution in [0.4, 0.5) is 5.69 Å². The van der Waals surface area contributed by atoms with Crippen LogP contribution < -0.4 is 10.9 Å². The third-order valence-corrected chi connectivity index (χ3v) is 6.88. The summed E-state index contributed by atoms with van der Waals surface area (Å²) in [5.41, 5.74) is 3.44. The van der Waals surface area contributed by atoms with Crippen molar-refractivity contribution in [2.24, 2.45) is 0 Å². The summed E-state index contributed by atoms with van der Waals surface area (Å²) in [6, 6.07) is 11.2. The molecule has 4 aromatic rings. The summed E-state index contributed by atoms with van der Waals surface area (Å²) in [6.07, 6.45) is 2.32. The summed E-state index contributed by atoms with van der Waals surface area (Å²) in [4.78, 5) is 25.9. The highest BCUT2D eigenvalue weighted by atomic mass is 35.5. The number of halogens is 1. The van der Waals surface area contributed by atoms with Gasteiger partial charge in [0, 0.05) is 17.3 Å². The molecule has 0 aliphatic heterocycles. The van der Waals surface area contributed by atoms with Crippen LogP contribution in [0.3, 0.4) is 0 Å². The van der Waals surface area contributed by atoms with Crippen LogP contribution in [0.2, 0.25) is 5.02 Å². The topological polar surface area (TPSA) is 81.3 Å². The number of amides is 1. The molecule has 0 aliphatic carbocycles. The molecule has 0 saturated heterocycles. The van der Waals surface area contributed by atoms with Gasteiger partial charge in [-0.15, -0.1) is 10.2 Å². The van der Waals surface area contributed by atoms with Crippen LogP contribution >= 0.6 is 23.4 Å². The largest absolute Gasteiger partial charge is 0.325 e. The van der Waals surface area contributed by atoms with Gasteiger partial charge in [0.1, 0.15) is 0 Å². The first-order chi connectivity index (χ1) is 16.0. The van der Waals surface area contributed by atoms with Crippen molar-refractivity contribution in [1.29, 1.82) is 0 Å². The predicted molar refractivity (Wildman–Crippen MR) is 135 cm³/mol. The number of hydrogen-bond donors (Lipinski definition) is 1. The third kappa shape index (κ3) is 4.37. The van der Waals surface area contributed by atoms with Crippen LogP contribution in [0, 0.1) is 0 Å². The fourth-order valence-electron chi connectivity index (χ4n) is 4.02. The number of nitrogens with one attached hydrogen (secondary N) is 1. The van der Waals surface area contributed by atoms with Crippen molar-refractivity contribution in [3.05, 3.63) is 62.9 Å². The van der Waals surface area contributed by atoms with Gasteiger partial charge in [-0.2, -0.15) is 0 Å². The van der Waals surface area contributed by atoms with Crippen molar-refractivity contribution in [2.75, 3.05) is 11.1 Å². The van der Waals surface area contributed by atoms with E-state index in [1.807, 2.05) is 54.6 Å². The lowest BCUT2D eigenvalue weighted by molar-refractivity contribution is -0.113. The van der Waals surface area contributed by atoms with Crippen LogP contribution in [0.15, 0.2) is 46.3 Å². The van der Waals surface area contributed by atoms with Gasteiger partial charge in [-0.1, -0.05) is 62.3 Å². The number of hydrogen-bond acceptors (Lipinski definition) is 5. The lowest BCUT2D eigenvalue weighted by atomic mass is 10.0. The van der Waals surface area contributed by atoms with E-state index < -0.39 is 0 Å². The summed E-state index contributed by atoms with van der Waals surface area (Å²) >= 11 is 7.66. The van der Waals surface area contributed by atoms with Crippen LogP contribution in [0.5, 0.6) is 0 Å². The van der Waals surface area contributed by atoms with E-state index in [9.17, 15) is 9.59 Å². The van der Waals surface area contributed by atoms with E-state index in [4.69, 9.17) is 11.6 Å². The molecule has 1 amide bonds. The fourth-order valence-corrected chi connectivity index (χ4v) is 5.06. The van der Waals surface area contributed by atoms with Crippen LogP contribution in [0.25, 0.3) is 16.7 Å². The van der Waals surface area contributed by atoms with Gasteiger partial charge >= 0.3 is 0 Å². The molecule has 4 rings (SSSR count). The van der Waals surface area contributed by atoms with Crippen molar-refractivity contribution in [3.8, 4) is 0 Å². The number of thioether (sulfide) groups is 1. The van der Waals surface area contributed by atoms with Crippen molar-refractivity contribution in [3.63, 3.8) is 0 Å². The van der Waals surface area contributed by atoms with Crippen LogP contribution in [0.1, 0.15) is 38.3 Å². The molecule has 0 unspecified atom stereocenters. The Morgan fingerprint density at radius 2 is 1.88 bits per heavy atom. The van der Waals surface area contributed by atoms with Gasteiger partial charge in [-0.05, 0) is 48.6 Å². The zero-order valence-corrected chi connectivity index (χ0v) is 20.5. The molecule has 0 radical (unpaired) electrons. The number of fused-ring (bicyclic) bond motifs is 3. The van der Waals surface area contributed by atoms with E-state index >= 15 is 0 Å². The summed E-state index contributed by atoms with van der Waals surface area (Å²) < 4.78 is 3.51. The summed E-state index contributed by atoms with van der Waals surface area (Å²) in [5, 5.41) is 13.5. The normalized spacial score (nSPS) is 11.4. The summed E-state index contributed by atoms with van der Waals surface area (Å²) in [6.45, 7) is 6.63. The lowest BCUT2D eigenvalue weighted by Gasteiger charge is -2.16. The van der Waals surface area contributed by atoms with Gasteiger partial charge in [0.25, 0.3) is 5.56 Å². The molecule has 2 aromatic carbocycles. The van der Waals surface area contributed by atoms with E-state index in [1.54, 1.807) is 4.57 Å². The molecule has 0 saturated carbocycles. The number of benzene rings is 2. The molecule has 0 spiro atoms. The molecule has 0 fully saturated rings. The second kappa shape index (κ2) is 9.97. The van der Waals surface area contributed by atoms with Crippen LogP contribution in [-0.4, -0.2) is 30.8 Å². The van der Waals surface area contributed by atoms with E-state index in [-0.39, 0.29) is 17.2 Å². The number of aromatic nitrogens is 4. The van der Waals surface area contributed by atoms with Crippen molar-refractivity contribution in [1.82, 2.24) is 19.2 Å². The number of rotatable bonds is 8. The summed E-state index contributed by atoms with van der Waals surface area (Å²) in [7, 11) is 0. The Balaban J connectivity index is 1.66. The van der Waals surface area contributed by atoms with E-state index in [0.717, 1.165) is 41.6 Å². The molecule has 7 nitrogen and oxygen atoms in total. The Labute approximate surface area is 201 Å². The number of anilines is 1. The molecule has 0 aliphatic rings. The van der Waals surface area contributed by atoms with Crippen molar-refractivity contribution >= 4 is 51.6 Å². The minimum absolute atomic E-state index is 0.0817. The fraction of sp³-hybridized carbons (Fsp3) is 0.333. The number of carbonyl (C=O) groups is 1. The third-order valence-electron chi connectivity index (χ3n) is 5.60. The van der Waals surface area contributed by atoms with Gasteiger partial charge in [-0.3, -0.25) is 18.6 Å². The SMILES string of the molecule is CCCn1c(=O)c2ccccc2n2c(SCC(=O)Nc3c(CC)ccc(Cl)c3CC)nnc12. The quantitative estimate of drug-likeness (QED) is 0.358. The number of para-hydroxylation sites is 1. The number of carbonyl (C=O) groups excluding carboxylic acids is 1. The smallest absolute Gasteiger partial charge is 0.262 e. The first kappa shape index (κ1) is 23.3. The second-order valence-corrected chi connectivity index (χ2v) is 9.05. The maximum absolute atomic E-state index is 13.0. The van der Waals surface area contributed by atoms with E-state index in [1.165, 1.54) is 11.8 Å². The molecule has 0 bridgehead atoms. The highest BCUT2D eigenvalue weighted by Gasteiger charge is 2.18. The maximum Gasteiger partial charge on any atom is 0.262 e. The molecule has 0 atom stereocenters. The lowest BCUT2D eigenvalue weighted by Crippen LogP contribution is -2.23. The van der Waals surface area contributed by atoms with Gasteiger partial charge in [0.15, 0.2) is 5.16 Å². The average molecular weight is 484 g/mol. The van der Waals surface area contributed by atoms with Crippen molar-refractivity contribution < 1.29 is 4.79 Å².